The first kappa shape index (κ1) is 12.2. The van der Waals surface area contributed by atoms with Crippen LogP contribution in [0.5, 0.6) is 0 Å². The number of alkyl halides is 1. The van der Waals surface area contributed by atoms with Gasteiger partial charge in [0.25, 0.3) is 0 Å². The molecule has 0 bridgehead atoms. The van der Waals surface area contributed by atoms with Crippen LogP contribution in [0.1, 0.15) is 5.56 Å². The topological polar surface area (TPSA) is 0 Å². The standard InChI is InChI=1S/C11H9Br3/c1-8(13)6-10(7-12)9-2-4-11(14)5-3-9/h2-6H,1,7H2/b10-6+. The average Bonchev–Trinajstić information content (AvgIpc) is 2.15. The van der Waals surface area contributed by atoms with E-state index in [-0.39, 0.29) is 0 Å². The summed E-state index contributed by atoms with van der Waals surface area (Å²) in [5.74, 6) is 0. The zero-order valence-corrected chi connectivity index (χ0v) is 12.2. The molecule has 0 unspecified atom stereocenters. The molecule has 0 heterocycles. The number of hydrogen-bond acceptors (Lipinski definition) is 0. The number of hydrogen-bond donors (Lipinski definition) is 0. The van der Waals surface area contributed by atoms with Crippen LogP contribution in [0.25, 0.3) is 5.57 Å². The highest BCUT2D eigenvalue weighted by atomic mass is 79.9. The maximum atomic E-state index is 3.80. The molecule has 1 aromatic carbocycles. The van der Waals surface area contributed by atoms with E-state index in [1.54, 1.807) is 0 Å². The van der Waals surface area contributed by atoms with Gasteiger partial charge in [0.15, 0.2) is 0 Å². The number of halogens is 3. The highest BCUT2D eigenvalue weighted by Gasteiger charge is 1.99. The van der Waals surface area contributed by atoms with Gasteiger partial charge in [0.1, 0.15) is 0 Å². The van der Waals surface area contributed by atoms with Crippen molar-refractivity contribution in [2.75, 3.05) is 5.33 Å². The van der Waals surface area contributed by atoms with Gasteiger partial charge in [0.05, 0.1) is 0 Å². The molecule has 0 amide bonds. The molecule has 0 nitrogen and oxygen atoms in total. The first-order chi connectivity index (χ1) is 6.63. The van der Waals surface area contributed by atoms with Crippen molar-refractivity contribution in [3.05, 3.63) is 51.4 Å². The van der Waals surface area contributed by atoms with Crippen LogP contribution >= 0.6 is 47.8 Å². The maximum absolute atomic E-state index is 3.80. The summed E-state index contributed by atoms with van der Waals surface area (Å²) in [6.45, 7) is 3.80. The van der Waals surface area contributed by atoms with Crippen LogP contribution < -0.4 is 0 Å². The predicted octanol–water partition coefficient (Wildman–Crippen LogP) is 5.14. The summed E-state index contributed by atoms with van der Waals surface area (Å²) in [6.07, 6.45) is 2.01. The van der Waals surface area contributed by atoms with E-state index in [0.29, 0.717) is 0 Å². The summed E-state index contributed by atoms with van der Waals surface area (Å²) in [4.78, 5) is 0. The molecule has 0 saturated heterocycles. The van der Waals surface area contributed by atoms with Crippen molar-refractivity contribution in [1.82, 2.24) is 0 Å². The zero-order valence-electron chi connectivity index (χ0n) is 7.43. The fraction of sp³-hybridized carbons (Fsp3) is 0.0909. The van der Waals surface area contributed by atoms with Crippen LogP contribution in [0.3, 0.4) is 0 Å². The van der Waals surface area contributed by atoms with Crippen molar-refractivity contribution in [2.24, 2.45) is 0 Å². The quantitative estimate of drug-likeness (QED) is 0.503. The Morgan fingerprint density at radius 3 is 2.29 bits per heavy atom. The Kier molecular flexibility index (Phi) is 5.13. The summed E-state index contributed by atoms with van der Waals surface area (Å²) in [5, 5.41) is 0.819. The maximum Gasteiger partial charge on any atom is 0.0289 e. The van der Waals surface area contributed by atoms with E-state index in [0.717, 1.165) is 14.3 Å². The van der Waals surface area contributed by atoms with E-state index < -0.39 is 0 Å². The third kappa shape index (κ3) is 3.71. The first-order valence-electron chi connectivity index (χ1n) is 4.00. The van der Waals surface area contributed by atoms with Crippen molar-refractivity contribution in [2.45, 2.75) is 0 Å². The molecule has 0 saturated carbocycles. The lowest BCUT2D eigenvalue weighted by Crippen LogP contribution is -1.85. The molecule has 0 aliphatic rings. The largest absolute Gasteiger partial charge is 0.0876 e. The molecule has 0 aromatic heterocycles. The predicted molar refractivity (Wildman–Crippen MR) is 74.0 cm³/mol. The van der Waals surface area contributed by atoms with E-state index in [1.165, 1.54) is 11.1 Å². The van der Waals surface area contributed by atoms with Crippen molar-refractivity contribution in [3.8, 4) is 0 Å². The first-order valence-corrected chi connectivity index (χ1v) is 6.71. The van der Waals surface area contributed by atoms with Crippen LogP contribution in [0, 0.1) is 0 Å². The summed E-state index contributed by atoms with van der Waals surface area (Å²) >= 11 is 10.2. The monoisotopic (exact) mass is 378 g/mol. The van der Waals surface area contributed by atoms with Gasteiger partial charge in [-0.1, -0.05) is 66.5 Å². The minimum atomic E-state index is 0.819. The van der Waals surface area contributed by atoms with Crippen molar-refractivity contribution >= 4 is 53.4 Å². The van der Waals surface area contributed by atoms with Gasteiger partial charge in [-0.15, -0.1) is 0 Å². The third-order valence-corrected chi connectivity index (χ3v) is 3.05. The normalized spacial score (nSPS) is 11.5. The second kappa shape index (κ2) is 5.89. The SMILES string of the molecule is C=C(Br)/C=C(\CBr)c1ccc(Br)cc1. The number of allylic oxidation sites excluding steroid dienone is 3. The molecule has 0 radical (unpaired) electrons. The lowest BCUT2D eigenvalue weighted by molar-refractivity contribution is 1.55. The van der Waals surface area contributed by atoms with E-state index in [9.17, 15) is 0 Å². The smallest absolute Gasteiger partial charge is 0.0289 e. The van der Waals surface area contributed by atoms with Crippen LogP contribution in [0.4, 0.5) is 0 Å². The molecule has 0 aliphatic carbocycles. The third-order valence-electron chi connectivity index (χ3n) is 1.69. The fourth-order valence-electron chi connectivity index (χ4n) is 1.05. The summed E-state index contributed by atoms with van der Waals surface area (Å²) < 4.78 is 1.97. The second-order valence-corrected chi connectivity index (χ2v) is 5.25. The molecule has 1 aromatic rings. The Morgan fingerprint density at radius 1 is 1.29 bits per heavy atom. The molecule has 14 heavy (non-hydrogen) atoms. The van der Waals surface area contributed by atoms with Gasteiger partial charge in [0, 0.05) is 14.3 Å². The Balaban J connectivity index is 3.01. The van der Waals surface area contributed by atoms with Gasteiger partial charge in [-0.05, 0) is 29.3 Å². The fourth-order valence-corrected chi connectivity index (χ4v) is 2.08. The Bertz CT molecular complexity index is 349. The van der Waals surface area contributed by atoms with E-state index in [1.807, 2.05) is 18.2 Å². The zero-order chi connectivity index (χ0) is 10.6. The molecule has 0 aliphatic heterocycles. The molecular weight excluding hydrogens is 372 g/mol. The molecule has 3 heteroatoms. The Morgan fingerprint density at radius 2 is 1.86 bits per heavy atom. The Hall–Kier alpha value is 0.140. The van der Waals surface area contributed by atoms with Gasteiger partial charge in [-0.25, -0.2) is 0 Å². The number of benzene rings is 1. The van der Waals surface area contributed by atoms with Gasteiger partial charge >= 0.3 is 0 Å². The minimum absolute atomic E-state index is 0.819. The van der Waals surface area contributed by atoms with Crippen molar-refractivity contribution in [3.63, 3.8) is 0 Å². The lowest BCUT2D eigenvalue weighted by Gasteiger charge is -2.03. The van der Waals surface area contributed by atoms with Crippen LogP contribution in [0.15, 0.2) is 45.9 Å². The van der Waals surface area contributed by atoms with Crippen molar-refractivity contribution < 1.29 is 0 Å². The molecule has 1 rings (SSSR count). The molecule has 0 spiro atoms. The van der Waals surface area contributed by atoms with Crippen LogP contribution in [-0.2, 0) is 0 Å². The van der Waals surface area contributed by atoms with E-state index in [2.05, 4.69) is 66.5 Å². The van der Waals surface area contributed by atoms with Gasteiger partial charge < -0.3 is 0 Å². The van der Waals surface area contributed by atoms with Gasteiger partial charge in [-0.2, -0.15) is 0 Å². The highest BCUT2D eigenvalue weighted by molar-refractivity contribution is 9.12. The summed E-state index contributed by atoms with van der Waals surface area (Å²) in [7, 11) is 0. The average molecular weight is 381 g/mol. The van der Waals surface area contributed by atoms with E-state index >= 15 is 0 Å². The highest BCUT2D eigenvalue weighted by Crippen LogP contribution is 2.22. The molecule has 0 N–H and O–H groups in total. The molecular formula is C11H9Br3. The summed E-state index contributed by atoms with van der Waals surface area (Å²) in [6, 6.07) is 8.21. The molecule has 74 valence electrons. The van der Waals surface area contributed by atoms with Gasteiger partial charge in [0.2, 0.25) is 0 Å². The second-order valence-electron chi connectivity index (χ2n) is 2.76. The Labute approximate surface area is 109 Å². The van der Waals surface area contributed by atoms with Crippen LogP contribution in [0.2, 0.25) is 0 Å². The van der Waals surface area contributed by atoms with Crippen LogP contribution in [-0.4, -0.2) is 5.33 Å². The summed E-state index contributed by atoms with van der Waals surface area (Å²) in [5.41, 5.74) is 2.41. The van der Waals surface area contributed by atoms with E-state index in [4.69, 9.17) is 0 Å². The molecule has 0 atom stereocenters. The lowest BCUT2D eigenvalue weighted by atomic mass is 10.1. The van der Waals surface area contributed by atoms with Gasteiger partial charge in [-0.3, -0.25) is 0 Å². The molecule has 0 fully saturated rings. The number of rotatable bonds is 3. The minimum Gasteiger partial charge on any atom is -0.0876 e. The van der Waals surface area contributed by atoms with Crippen molar-refractivity contribution in [1.29, 1.82) is 0 Å².